The lowest BCUT2D eigenvalue weighted by Crippen LogP contribution is -2.16. The van der Waals surface area contributed by atoms with Gasteiger partial charge in [0.15, 0.2) is 0 Å². The van der Waals surface area contributed by atoms with Crippen molar-refractivity contribution in [1.29, 1.82) is 0 Å². The number of hydrogen-bond donors (Lipinski definition) is 2. The van der Waals surface area contributed by atoms with Gasteiger partial charge in [0, 0.05) is 12.6 Å². The van der Waals surface area contributed by atoms with Crippen LogP contribution >= 0.6 is 0 Å². The van der Waals surface area contributed by atoms with Gasteiger partial charge in [0.2, 0.25) is 0 Å². The SMILES string of the molecule is Oc1cc(F)cc(CNCCc2cccc(F)c2)c1. The monoisotopic (exact) mass is 263 g/mol. The molecule has 0 saturated heterocycles. The highest BCUT2D eigenvalue weighted by Crippen LogP contribution is 2.14. The van der Waals surface area contributed by atoms with Crippen molar-refractivity contribution in [1.82, 2.24) is 5.32 Å². The second-order valence-electron chi connectivity index (χ2n) is 4.37. The van der Waals surface area contributed by atoms with Crippen LogP contribution in [-0.2, 0) is 13.0 Å². The number of hydrogen-bond acceptors (Lipinski definition) is 2. The summed E-state index contributed by atoms with van der Waals surface area (Å²) in [5.74, 6) is -0.781. The van der Waals surface area contributed by atoms with E-state index in [4.69, 9.17) is 0 Å². The smallest absolute Gasteiger partial charge is 0.127 e. The van der Waals surface area contributed by atoms with Crippen molar-refractivity contribution < 1.29 is 13.9 Å². The molecule has 2 rings (SSSR count). The molecule has 0 aromatic heterocycles. The number of nitrogens with one attached hydrogen (secondary N) is 1. The van der Waals surface area contributed by atoms with E-state index in [1.807, 2.05) is 6.07 Å². The van der Waals surface area contributed by atoms with Gasteiger partial charge in [-0.15, -0.1) is 0 Å². The fourth-order valence-electron chi connectivity index (χ4n) is 1.89. The Balaban J connectivity index is 1.80. The van der Waals surface area contributed by atoms with Gasteiger partial charge in [-0.1, -0.05) is 12.1 Å². The topological polar surface area (TPSA) is 32.3 Å². The number of halogens is 2. The Hall–Kier alpha value is -1.94. The summed E-state index contributed by atoms with van der Waals surface area (Å²) in [5, 5.41) is 12.4. The molecule has 0 heterocycles. The van der Waals surface area contributed by atoms with Crippen molar-refractivity contribution in [3.05, 3.63) is 65.2 Å². The Morgan fingerprint density at radius 3 is 2.47 bits per heavy atom. The van der Waals surface area contributed by atoms with Gasteiger partial charge >= 0.3 is 0 Å². The van der Waals surface area contributed by atoms with Gasteiger partial charge < -0.3 is 10.4 Å². The Morgan fingerprint density at radius 2 is 1.74 bits per heavy atom. The average molecular weight is 263 g/mol. The van der Waals surface area contributed by atoms with Gasteiger partial charge in [-0.2, -0.15) is 0 Å². The zero-order valence-corrected chi connectivity index (χ0v) is 10.4. The van der Waals surface area contributed by atoms with Gasteiger partial charge in [-0.25, -0.2) is 8.78 Å². The number of aromatic hydroxyl groups is 1. The predicted octanol–water partition coefficient (Wildman–Crippen LogP) is 3.00. The molecule has 100 valence electrons. The lowest BCUT2D eigenvalue weighted by molar-refractivity contribution is 0.467. The number of rotatable bonds is 5. The molecule has 0 atom stereocenters. The highest BCUT2D eigenvalue weighted by Gasteiger charge is 2.00. The van der Waals surface area contributed by atoms with Crippen molar-refractivity contribution in [2.24, 2.45) is 0 Å². The van der Waals surface area contributed by atoms with E-state index in [9.17, 15) is 13.9 Å². The fourth-order valence-corrected chi connectivity index (χ4v) is 1.89. The molecule has 0 saturated carbocycles. The van der Waals surface area contributed by atoms with E-state index >= 15 is 0 Å². The lowest BCUT2D eigenvalue weighted by atomic mass is 10.1. The molecule has 0 bridgehead atoms. The maximum absolute atomic E-state index is 13.0. The zero-order chi connectivity index (χ0) is 13.7. The molecule has 0 spiro atoms. The first-order valence-electron chi connectivity index (χ1n) is 6.07. The van der Waals surface area contributed by atoms with Crippen LogP contribution in [0, 0.1) is 11.6 Å². The van der Waals surface area contributed by atoms with E-state index in [0.717, 1.165) is 11.6 Å². The van der Waals surface area contributed by atoms with Crippen molar-refractivity contribution in [3.8, 4) is 5.75 Å². The van der Waals surface area contributed by atoms with Crippen LogP contribution in [0.4, 0.5) is 8.78 Å². The first-order valence-corrected chi connectivity index (χ1v) is 6.07. The highest BCUT2D eigenvalue weighted by atomic mass is 19.1. The van der Waals surface area contributed by atoms with Gasteiger partial charge in [0.25, 0.3) is 0 Å². The molecule has 2 nitrogen and oxygen atoms in total. The van der Waals surface area contributed by atoms with Crippen molar-refractivity contribution >= 4 is 0 Å². The lowest BCUT2D eigenvalue weighted by Gasteiger charge is -2.06. The molecule has 0 unspecified atom stereocenters. The Bertz CT molecular complexity index is 537. The summed E-state index contributed by atoms with van der Waals surface area (Å²) < 4.78 is 26.0. The molecule has 0 aliphatic carbocycles. The van der Waals surface area contributed by atoms with E-state index in [1.165, 1.54) is 24.3 Å². The van der Waals surface area contributed by atoms with Crippen LogP contribution in [0.5, 0.6) is 5.75 Å². The van der Waals surface area contributed by atoms with E-state index in [2.05, 4.69) is 5.32 Å². The average Bonchev–Trinajstić information content (AvgIpc) is 2.34. The third-order valence-electron chi connectivity index (χ3n) is 2.75. The molecule has 0 aliphatic heterocycles. The summed E-state index contributed by atoms with van der Waals surface area (Å²) in [4.78, 5) is 0. The van der Waals surface area contributed by atoms with E-state index < -0.39 is 5.82 Å². The predicted molar refractivity (Wildman–Crippen MR) is 69.9 cm³/mol. The third-order valence-corrected chi connectivity index (χ3v) is 2.75. The summed E-state index contributed by atoms with van der Waals surface area (Å²) in [6.07, 6.45) is 0.694. The summed E-state index contributed by atoms with van der Waals surface area (Å²) >= 11 is 0. The molecule has 2 aromatic rings. The molecule has 0 amide bonds. The van der Waals surface area contributed by atoms with E-state index in [-0.39, 0.29) is 11.6 Å². The molecular weight excluding hydrogens is 248 g/mol. The van der Waals surface area contributed by atoms with Crippen LogP contribution in [0.1, 0.15) is 11.1 Å². The largest absolute Gasteiger partial charge is 0.508 e. The second kappa shape index (κ2) is 6.29. The highest BCUT2D eigenvalue weighted by molar-refractivity contribution is 5.28. The quantitative estimate of drug-likeness (QED) is 0.813. The number of phenols is 1. The molecule has 4 heteroatoms. The second-order valence-corrected chi connectivity index (χ2v) is 4.37. The van der Waals surface area contributed by atoms with Crippen LogP contribution in [0.25, 0.3) is 0 Å². The van der Waals surface area contributed by atoms with Crippen LogP contribution < -0.4 is 5.32 Å². The molecule has 2 N–H and O–H groups in total. The first kappa shape index (κ1) is 13.5. The Kier molecular flexibility index (Phi) is 4.47. The summed E-state index contributed by atoms with van der Waals surface area (Å²) in [7, 11) is 0. The van der Waals surface area contributed by atoms with Crippen molar-refractivity contribution in [2.45, 2.75) is 13.0 Å². The molecule has 19 heavy (non-hydrogen) atoms. The van der Waals surface area contributed by atoms with Gasteiger partial charge in [0.1, 0.15) is 17.4 Å². The Labute approximate surface area is 110 Å². The van der Waals surface area contributed by atoms with Crippen LogP contribution in [0.3, 0.4) is 0 Å². The van der Waals surface area contributed by atoms with Gasteiger partial charge in [-0.05, 0) is 48.4 Å². The summed E-state index contributed by atoms with van der Waals surface area (Å²) in [6.45, 7) is 1.11. The molecule has 0 radical (unpaired) electrons. The van der Waals surface area contributed by atoms with Crippen molar-refractivity contribution in [2.75, 3.05) is 6.54 Å². The Morgan fingerprint density at radius 1 is 0.947 bits per heavy atom. The molecule has 2 aromatic carbocycles. The maximum atomic E-state index is 13.0. The van der Waals surface area contributed by atoms with Gasteiger partial charge in [0.05, 0.1) is 0 Å². The first-order chi connectivity index (χ1) is 9.13. The van der Waals surface area contributed by atoms with E-state index in [0.29, 0.717) is 25.1 Å². The third kappa shape index (κ3) is 4.34. The van der Waals surface area contributed by atoms with Crippen LogP contribution in [0.2, 0.25) is 0 Å². The standard InChI is InChI=1S/C15H15F2NO/c16-13-3-1-2-11(6-13)4-5-18-10-12-7-14(17)9-15(19)8-12/h1-3,6-9,18-19H,4-5,10H2. The zero-order valence-electron chi connectivity index (χ0n) is 10.4. The fraction of sp³-hybridized carbons (Fsp3) is 0.200. The summed E-state index contributed by atoms with van der Waals surface area (Å²) in [5.41, 5.74) is 1.59. The van der Waals surface area contributed by atoms with Crippen LogP contribution in [-0.4, -0.2) is 11.7 Å². The van der Waals surface area contributed by atoms with Crippen molar-refractivity contribution in [3.63, 3.8) is 0 Å². The normalized spacial score (nSPS) is 10.6. The summed E-state index contributed by atoms with van der Waals surface area (Å²) in [6, 6.07) is 10.4. The minimum atomic E-state index is -0.457. The van der Waals surface area contributed by atoms with E-state index in [1.54, 1.807) is 6.07 Å². The number of phenolic OH excluding ortho intramolecular Hbond substituents is 1. The minimum Gasteiger partial charge on any atom is -0.508 e. The minimum absolute atomic E-state index is 0.0815. The molecule has 0 fully saturated rings. The van der Waals surface area contributed by atoms with Crippen LogP contribution in [0.15, 0.2) is 42.5 Å². The molecular formula is C15H15F2NO. The maximum Gasteiger partial charge on any atom is 0.127 e. The van der Waals surface area contributed by atoms with Gasteiger partial charge in [-0.3, -0.25) is 0 Å². The molecule has 0 aliphatic rings. The number of benzene rings is 2.